The van der Waals surface area contributed by atoms with Gasteiger partial charge in [-0.05, 0) is 27.7 Å². The zero-order valence-corrected chi connectivity index (χ0v) is 25.9. The Morgan fingerprint density at radius 1 is 0.390 bits per heavy atom. The Morgan fingerprint density at radius 2 is 0.610 bits per heavy atom. The molecule has 13 heteroatoms. The van der Waals surface area contributed by atoms with E-state index in [2.05, 4.69) is 0 Å². The Bertz CT molecular complexity index is 532. The molecule has 0 radical (unpaired) electrons. The van der Waals surface area contributed by atoms with Crippen LogP contribution in [0.3, 0.4) is 0 Å². The molecule has 0 aromatic rings. The molecule has 0 unspecified atom stereocenters. The zero-order valence-electron chi connectivity index (χ0n) is 25.9. The predicted molar refractivity (Wildman–Crippen MR) is 151 cm³/mol. The highest BCUT2D eigenvalue weighted by atomic mass is 16.6. The molecule has 0 aromatic carbocycles. The lowest BCUT2D eigenvalue weighted by molar-refractivity contribution is -0.160. The van der Waals surface area contributed by atoms with Crippen LogP contribution >= 0.6 is 0 Å². The average molecular weight is 601 g/mol. The normalized spacial score (nSPS) is 11.8. The summed E-state index contributed by atoms with van der Waals surface area (Å²) in [5, 5.41) is 0. The summed E-state index contributed by atoms with van der Waals surface area (Å²) in [6.07, 6.45) is 0. The summed E-state index contributed by atoms with van der Waals surface area (Å²) < 4.78 is 64.3. The molecular formula is C28H56O13. The first-order valence-electron chi connectivity index (χ1n) is 14.5. The topological polar surface area (TPSA) is 128 Å². The smallest absolute Gasteiger partial charge is 0.332 e. The molecule has 0 aromatic heterocycles. The minimum atomic E-state index is -0.508. The molecule has 0 saturated carbocycles. The fourth-order valence-corrected chi connectivity index (χ4v) is 2.77. The van der Waals surface area contributed by atoms with Gasteiger partial charge < -0.3 is 56.8 Å². The van der Waals surface area contributed by atoms with Crippen LogP contribution in [-0.4, -0.2) is 157 Å². The molecular weight excluding hydrogens is 544 g/mol. The largest absolute Gasteiger partial charge is 0.458 e. The molecule has 0 amide bonds. The van der Waals surface area contributed by atoms with E-state index in [0.717, 1.165) is 0 Å². The monoisotopic (exact) mass is 600 g/mol. The third-order valence-corrected chi connectivity index (χ3v) is 4.56. The van der Waals surface area contributed by atoms with Gasteiger partial charge in [0.15, 0.2) is 0 Å². The summed E-state index contributed by atoms with van der Waals surface area (Å²) in [7, 11) is 0. The van der Waals surface area contributed by atoms with Gasteiger partial charge in [-0.2, -0.15) is 0 Å². The summed E-state index contributed by atoms with van der Waals surface area (Å²) in [5.41, 5.74) is -0.508. The summed E-state index contributed by atoms with van der Waals surface area (Å²) in [6, 6.07) is 0. The van der Waals surface area contributed by atoms with Crippen molar-refractivity contribution >= 4 is 5.97 Å². The fourth-order valence-electron chi connectivity index (χ4n) is 2.77. The number of ether oxygens (including phenoxy) is 12. The van der Waals surface area contributed by atoms with Crippen LogP contribution in [-0.2, 0) is 61.6 Å². The third kappa shape index (κ3) is 37.0. The fraction of sp³-hybridized carbons (Fsp3) is 0.964. The molecule has 0 bridgehead atoms. The van der Waals surface area contributed by atoms with Crippen LogP contribution in [0.15, 0.2) is 0 Å². The van der Waals surface area contributed by atoms with Gasteiger partial charge in [0.1, 0.15) is 12.2 Å². The van der Waals surface area contributed by atoms with Gasteiger partial charge in [0.2, 0.25) is 0 Å². The van der Waals surface area contributed by atoms with E-state index in [0.29, 0.717) is 139 Å². The molecule has 0 atom stereocenters. The molecule has 246 valence electrons. The van der Waals surface area contributed by atoms with Gasteiger partial charge in [-0.3, -0.25) is 0 Å². The van der Waals surface area contributed by atoms with Crippen molar-refractivity contribution < 1.29 is 61.6 Å². The van der Waals surface area contributed by atoms with Crippen molar-refractivity contribution in [2.45, 2.75) is 33.3 Å². The van der Waals surface area contributed by atoms with Gasteiger partial charge in [0.25, 0.3) is 0 Å². The van der Waals surface area contributed by atoms with Crippen molar-refractivity contribution in [2.75, 3.05) is 145 Å². The van der Waals surface area contributed by atoms with Crippen molar-refractivity contribution in [3.8, 4) is 0 Å². The molecule has 0 fully saturated rings. The lowest BCUT2D eigenvalue weighted by Crippen LogP contribution is -2.27. The molecule has 0 heterocycles. The van der Waals surface area contributed by atoms with E-state index >= 15 is 0 Å². The van der Waals surface area contributed by atoms with Crippen molar-refractivity contribution in [3.63, 3.8) is 0 Å². The molecule has 0 spiro atoms. The molecule has 0 aliphatic heterocycles. The van der Waals surface area contributed by atoms with Crippen LogP contribution in [0.1, 0.15) is 27.7 Å². The number of carbonyl (C=O) groups excluding carboxylic acids is 1. The molecule has 13 nitrogen and oxygen atoms in total. The quantitative estimate of drug-likeness (QED) is 0.0799. The lowest BCUT2D eigenvalue weighted by atomic mass is 10.2. The molecule has 0 saturated heterocycles. The van der Waals surface area contributed by atoms with E-state index in [1.165, 1.54) is 0 Å². The highest BCUT2D eigenvalue weighted by molar-refractivity contribution is 5.71. The van der Waals surface area contributed by atoms with E-state index in [9.17, 15) is 4.79 Å². The van der Waals surface area contributed by atoms with E-state index in [4.69, 9.17) is 56.8 Å². The summed E-state index contributed by atoms with van der Waals surface area (Å²) in [4.78, 5) is 11.5. The van der Waals surface area contributed by atoms with Crippen molar-refractivity contribution in [1.29, 1.82) is 0 Å². The Balaban J connectivity index is 3.09. The molecule has 0 aliphatic rings. The van der Waals surface area contributed by atoms with Crippen molar-refractivity contribution in [3.05, 3.63) is 0 Å². The van der Waals surface area contributed by atoms with Gasteiger partial charge in [-0.25, -0.2) is 4.79 Å². The third-order valence-electron chi connectivity index (χ3n) is 4.56. The summed E-state index contributed by atoms with van der Waals surface area (Å²) >= 11 is 0. The second-order valence-electron chi connectivity index (χ2n) is 9.35. The second-order valence-corrected chi connectivity index (χ2v) is 9.35. The van der Waals surface area contributed by atoms with E-state index in [-0.39, 0.29) is 12.6 Å². The van der Waals surface area contributed by atoms with Gasteiger partial charge in [-0.1, -0.05) is 0 Å². The highest BCUT2D eigenvalue weighted by Gasteiger charge is 2.15. The van der Waals surface area contributed by atoms with Crippen LogP contribution in [0.4, 0.5) is 0 Å². The molecule has 0 N–H and O–H groups in total. The highest BCUT2D eigenvalue weighted by Crippen LogP contribution is 2.06. The van der Waals surface area contributed by atoms with Crippen LogP contribution in [0.5, 0.6) is 0 Å². The predicted octanol–water partition coefficient (Wildman–Crippen LogP) is 1.53. The van der Waals surface area contributed by atoms with Gasteiger partial charge in [0, 0.05) is 6.61 Å². The average Bonchev–Trinajstić information content (AvgIpc) is 2.92. The van der Waals surface area contributed by atoms with E-state index in [1.54, 1.807) is 0 Å². The van der Waals surface area contributed by atoms with Crippen molar-refractivity contribution in [1.82, 2.24) is 0 Å². The van der Waals surface area contributed by atoms with Crippen LogP contribution in [0.2, 0.25) is 0 Å². The summed E-state index contributed by atoms with van der Waals surface area (Å²) in [5.74, 6) is -0.385. The van der Waals surface area contributed by atoms with E-state index in [1.807, 2.05) is 27.7 Å². The molecule has 0 rings (SSSR count). The van der Waals surface area contributed by atoms with Crippen LogP contribution in [0, 0.1) is 0 Å². The Hall–Kier alpha value is -0.970. The maximum absolute atomic E-state index is 11.5. The number of carbonyl (C=O) groups is 1. The van der Waals surface area contributed by atoms with Gasteiger partial charge >= 0.3 is 5.97 Å². The number of hydrogen-bond donors (Lipinski definition) is 0. The number of rotatable bonds is 33. The van der Waals surface area contributed by atoms with Crippen LogP contribution < -0.4 is 0 Å². The Morgan fingerprint density at radius 3 is 0.829 bits per heavy atom. The van der Waals surface area contributed by atoms with Crippen molar-refractivity contribution in [2.24, 2.45) is 0 Å². The lowest BCUT2D eigenvalue weighted by Gasteiger charge is -2.19. The minimum absolute atomic E-state index is 0.0808. The first kappa shape index (κ1) is 40.0. The first-order valence-corrected chi connectivity index (χ1v) is 14.5. The van der Waals surface area contributed by atoms with Gasteiger partial charge in [-0.15, -0.1) is 0 Å². The zero-order chi connectivity index (χ0) is 30.1. The SMILES string of the molecule is CCOCCOCCOCCOCCOCCOCCOCCOCCOCCOCCOCC(=O)OC(C)(C)C. The second kappa shape index (κ2) is 32.0. The Kier molecular flexibility index (Phi) is 31.2. The number of esters is 1. The van der Waals surface area contributed by atoms with E-state index < -0.39 is 5.60 Å². The molecule has 41 heavy (non-hydrogen) atoms. The molecule has 0 aliphatic carbocycles. The number of hydrogen-bond acceptors (Lipinski definition) is 13. The minimum Gasteiger partial charge on any atom is -0.458 e. The van der Waals surface area contributed by atoms with Crippen LogP contribution in [0.25, 0.3) is 0 Å². The maximum Gasteiger partial charge on any atom is 0.332 e. The Labute approximate surface area is 246 Å². The maximum atomic E-state index is 11.5. The summed E-state index contributed by atoms with van der Waals surface area (Å²) in [6.45, 7) is 18.0. The standard InChI is InChI=1S/C28H56O13/c1-5-30-6-7-31-8-9-32-10-11-33-12-13-34-14-15-35-16-17-36-18-19-37-20-21-38-22-23-39-24-25-40-26-27(29)41-28(2,3)4/h5-26H2,1-4H3. The first-order chi connectivity index (χ1) is 20.0. The van der Waals surface area contributed by atoms with Gasteiger partial charge in [0.05, 0.1) is 132 Å².